The zero-order valence-corrected chi connectivity index (χ0v) is 10.9. The van der Waals surface area contributed by atoms with E-state index in [2.05, 4.69) is 43.5 Å². The van der Waals surface area contributed by atoms with Crippen molar-refractivity contribution in [1.29, 1.82) is 0 Å². The number of hydrogen-bond acceptors (Lipinski definition) is 2. The van der Waals surface area contributed by atoms with Crippen LogP contribution in [0, 0.1) is 0 Å². The van der Waals surface area contributed by atoms with Gasteiger partial charge in [-0.1, -0.05) is 34.7 Å². The number of para-hydroxylation sites is 2. The van der Waals surface area contributed by atoms with Crippen LogP contribution < -0.4 is 5.32 Å². The Morgan fingerprint density at radius 2 is 2.20 bits per heavy atom. The molecule has 0 aliphatic carbocycles. The molecule has 1 heterocycles. The molecular weight excluding hydrogens is 301 g/mol. The Labute approximate surface area is 103 Å². The van der Waals surface area contributed by atoms with Gasteiger partial charge in [0, 0.05) is 18.0 Å². The number of hydrogen-bond donors (Lipinski definition) is 1. The van der Waals surface area contributed by atoms with Gasteiger partial charge in [0.25, 0.3) is 0 Å². The molecule has 80 valence electrons. The van der Waals surface area contributed by atoms with E-state index in [0.717, 1.165) is 18.0 Å². The fourth-order valence-corrected chi connectivity index (χ4v) is 1.95. The molecule has 4 heteroatoms. The molecule has 1 aromatic heterocycles. The van der Waals surface area contributed by atoms with Crippen molar-refractivity contribution in [3.8, 4) is 0 Å². The zero-order chi connectivity index (χ0) is 10.7. The van der Waals surface area contributed by atoms with E-state index in [9.17, 15) is 0 Å². The summed E-state index contributed by atoms with van der Waals surface area (Å²) in [5, 5.41) is 3.35. The van der Waals surface area contributed by atoms with E-state index in [4.69, 9.17) is 0 Å². The van der Waals surface area contributed by atoms with Crippen molar-refractivity contribution in [2.45, 2.75) is 6.42 Å². The van der Waals surface area contributed by atoms with Gasteiger partial charge < -0.3 is 9.88 Å². The summed E-state index contributed by atoms with van der Waals surface area (Å²) in [7, 11) is 2.04. The number of aromatic nitrogens is 2. The lowest BCUT2D eigenvalue weighted by Gasteiger charge is -2.04. The number of aryl methyl sites for hydroxylation is 1. The Bertz CT molecular complexity index is 450. The molecule has 1 aromatic carbocycles. The number of benzene rings is 1. The van der Waals surface area contributed by atoms with Crippen LogP contribution in [0.1, 0.15) is 6.42 Å². The fourth-order valence-electron chi connectivity index (χ4n) is 1.57. The second-order valence-corrected chi connectivity index (χ2v) is 4.53. The predicted molar refractivity (Wildman–Crippen MR) is 72.7 cm³/mol. The van der Waals surface area contributed by atoms with E-state index in [1.54, 1.807) is 0 Å². The van der Waals surface area contributed by atoms with Crippen molar-refractivity contribution < 1.29 is 0 Å². The number of halogens is 1. The van der Waals surface area contributed by atoms with Crippen LogP contribution in [0.4, 0.5) is 5.95 Å². The predicted octanol–water partition coefficient (Wildman–Crippen LogP) is 2.81. The smallest absolute Gasteiger partial charge is 0.203 e. The van der Waals surface area contributed by atoms with Crippen LogP contribution >= 0.6 is 22.6 Å². The number of fused-ring (bicyclic) bond motifs is 1. The molecule has 0 saturated carbocycles. The van der Waals surface area contributed by atoms with E-state index in [1.165, 1.54) is 16.4 Å². The van der Waals surface area contributed by atoms with Crippen molar-refractivity contribution in [3.05, 3.63) is 24.3 Å². The fraction of sp³-hybridized carbons (Fsp3) is 0.364. The average molecular weight is 315 g/mol. The molecule has 3 nitrogen and oxygen atoms in total. The van der Waals surface area contributed by atoms with Gasteiger partial charge in [0.15, 0.2) is 0 Å². The summed E-state index contributed by atoms with van der Waals surface area (Å²) in [6.07, 6.45) is 1.17. The maximum atomic E-state index is 4.53. The normalized spacial score (nSPS) is 10.8. The highest BCUT2D eigenvalue weighted by Crippen LogP contribution is 2.17. The van der Waals surface area contributed by atoms with Gasteiger partial charge in [0.1, 0.15) is 0 Å². The van der Waals surface area contributed by atoms with Crippen LogP contribution in [0.25, 0.3) is 11.0 Å². The highest BCUT2D eigenvalue weighted by Gasteiger charge is 2.05. The highest BCUT2D eigenvalue weighted by atomic mass is 127. The maximum absolute atomic E-state index is 4.53. The van der Waals surface area contributed by atoms with Crippen LogP contribution in [0.15, 0.2) is 24.3 Å². The summed E-state index contributed by atoms with van der Waals surface area (Å²) in [5.41, 5.74) is 2.23. The van der Waals surface area contributed by atoms with Crippen LogP contribution in [-0.2, 0) is 7.05 Å². The highest BCUT2D eigenvalue weighted by molar-refractivity contribution is 14.1. The molecule has 15 heavy (non-hydrogen) atoms. The molecule has 0 aliphatic heterocycles. The van der Waals surface area contributed by atoms with Gasteiger partial charge in [-0.3, -0.25) is 0 Å². The van der Waals surface area contributed by atoms with Crippen LogP contribution in [0.2, 0.25) is 0 Å². The molecule has 0 unspecified atom stereocenters. The summed E-state index contributed by atoms with van der Waals surface area (Å²) in [6.45, 7) is 0.986. The molecular formula is C11H14IN3. The molecule has 0 aliphatic rings. The van der Waals surface area contributed by atoms with Gasteiger partial charge in [-0.25, -0.2) is 4.98 Å². The Hall–Kier alpha value is -0.780. The SMILES string of the molecule is Cn1c(NCCCI)nc2ccccc21. The van der Waals surface area contributed by atoms with Crippen LogP contribution in [0.3, 0.4) is 0 Å². The van der Waals surface area contributed by atoms with Crippen molar-refractivity contribution >= 4 is 39.6 Å². The van der Waals surface area contributed by atoms with E-state index in [1.807, 2.05) is 25.2 Å². The third-order valence-corrected chi connectivity index (χ3v) is 3.14. The monoisotopic (exact) mass is 315 g/mol. The van der Waals surface area contributed by atoms with Crippen molar-refractivity contribution in [2.24, 2.45) is 7.05 Å². The van der Waals surface area contributed by atoms with Gasteiger partial charge in [0.05, 0.1) is 11.0 Å². The number of alkyl halides is 1. The summed E-state index contributed by atoms with van der Waals surface area (Å²) in [4.78, 5) is 4.53. The molecule has 0 saturated heterocycles. The molecule has 2 aromatic rings. The number of nitrogens with zero attached hydrogens (tertiary/aromatic N) is 2. The first-order valence-electron chi connectivity index (χ1n) is 5.04. The largest absolute Gasteiger partial charge is 0.356 e. The molecule has 2 rings (SSSR count). The Balaban J connectivity index is 2.24. The maximum Gasteiger partial charge on any atom is 0.203 e. The van der Waals surface area contributed by atoms with E-state index in [0.29, 0.717) is 0 Å². The van der Waals surface area contributed by atoms with Crippen molar-refractivity contribution in [1.82, 2.24) is 9.55 Å². The van der Waals surface area contributed by atoms with Crippen molar-refractivity contribution in [2.75, 3.05) is 16.3 Å². The summed E-state index contributed by atoms with van der Waals surface area (Å²) >= 11 is 2.39. The van der Waals surface area contributed by atoms with E-state index >= 15 is 0 Å². The molecule has 0 spiro atoms. The first-order chi connectivity index (χ1) is 7.33. The molecule has 0 radical (unpaired) electrons. The third kappa shape index (κ3) is 2.25. The molecule has 0 fully saturated rings. The summed E-state index contributed by atoms with van der Waals surface area (Å²) < 4.78 is 3.28. The van der Waals surface area contributed by atoms with Crippen molar-refractivity contribution in [3.63, 3.8) is 0 Å². The standard InChI is InChI=1S/C11H14IN3/c1-15-10-6-3-2-5-9(10)14-11(15)13-8-4-7-12/h2-3,5-6H,4,7-8H2,1H3,(H,13,14). The second kappa shape index (κ2) is 4.83. The van der Waals surface area contributed by atoms with Crippen LogP contribution in [-0.4, -0.2) is 20.5 Å². The minimum atomic E-state index is 0.959. The topological polar surface area (TPSA) is 29.9 Å². The number of nitrogens with one attached hydrogen (secondary N) is 1. The third-order valence-electron chi connectivity index (χ3n) is 2.38. The summed E-state index contributed by atoms with van der Waals surface area (Å²) in [5.74, 6) is 0.959. The Kier molecular flexibility index (Phi) is 3.45. The van der Waals surface area contributed by atoms with Gasteiger partial charge >= 0.3 is 0 Å². The minimum absolute atomic E-state index is 0.959. The van der Waals surface area contributed by atoms with Gasteiger partial charge in [0.2, 0.25) is 5.95 Å². The quantitative estimate of drug-likeness (QED) is 0.534. The molecule has 0 atom stereocenters. The minimum Gasteiger partial charge on any atom is -0.356 e. The zero-order valence-electron chi connectivity index (χ0n) is 8.70. The first-order valence-corrected chi connectivity index (χ1v) is 6.57. The number of imidazole rings is 1. The lowest BCUT2D eigenvalue weighted by molar-refractivity contribution is 0.907. The summed E-state index contributed by atoms with van der Waals surface area (Å²) in [6, 6.07) is 8.19. The van der Waals surface area contributed by atoms with Gasteiger partial charge in [-0.2, -0.15) is 0 Å². The molecule has 1 N–H and O–H groups in total. The Morgan fingerprint density at radius 3 is 2.93 bits per heavy atom. The molecule has 0 bridgehead atoms. The van der Waals surface area contributed by atoms with Gasteiger partial charge in [-0.15, -0.1) is 0 Å². The average Bonchev–Trinajstić information content (AvgIpc) is 2.57. The van der Waals surface area contributed by atoms with Gasteiger partial charge in [-0.05, 0) is 18.6 Å². The first kappa shape index (κ1) is 10.7. The second-order valence-electron chi connectivity index (χ2n) is 3.45. The Morgan fingerprint density at radius 1 is 1.40 bits per heavy atom. The van der Waals surface area contributed by atoms with E-state index in [-0.39, 0.29) is 0 Å². The number of rotatable bonds is 4. The van der Waals surface area contributed by atoms with Crippen LogP contribution in [0.5, 0.6) is 0 Å². The van der Waals surface area contributed by atoms with E-state index < -0.39 is 0 Å². The number of anilines is 1. The lowest BCUT2D eigenvalue weighted by atomic mass is 10.3. The lowest BCUT2D eigenvalue weighted by Crippen LogP contribution is -2.06. The molecule has 0 amide bonds.